The van der Waals surface area contributed by atoms with Crippen LogP contribution in [0.1, 0.15) is 32.1 Å². The Morgan fingerprint density at radius 1 is 1.40 bits per heavy atom. The second-order valence-electron chi connectivity index (χ2n) is 5.46. The fourth-order valence-electron chi connectivity index (χ4n) is 2.15. The van der Waals surface area contributed by atoms with Crippen molar-refractivity contribution in [3.63, 3.8) is 0 Å². The Morgan fingerprint density at radius 2 is 2.24 bits per heavy atom. The number of ether oxygens (including phenoxy) is 4. The maximum absolute atomic E-state index is 11.9. The minimum Gasteiger partial charge on any atom is -0.449 e. The summed E-state index contributed by atoms with van der Waals surface area (Å²) in [6.45, 7) is 4.39. The lowest BCUT2D eigenvalue weighted by molar-refractivity contribution is -0.170. The molecule has 0 aromatic rings. The van der Waals surface area contributed by atoms with Crippen LogP contribution in [0.4, 0.5) is 0 Å². The molecule has 1 rings (SSSR count). The van der Waals surface area contributed by atoms with Crippen LogP contribution in [-0.4, -0.2) is 57.2 Å². The monoisotopic (exact) mass is 354 g/mol. The van der Waals surface area contributed by atoms with Gasteiger partial charge in [0.15, 0.2) is 18.9 Å². The number of allylic oxidation sites excluding steroid dienone is 1. The van der Waals surface area contributed by atoms with Gasteiger partial charge in [-0.25, -0.2) is 4.79 Å². The molecule has 0 aliphatic carbocycles. The third-order valence-electron chi connectivity index (χ3n) is 3.43. The van der Waals surface area contributed by atoms with Crippen LogP contribution in [0, 0.1) is 11.3 Å². The highest BCUT2D eigenvalue weighted by Gasteiger charge is 2.22. The molecule has 8 heteroatoms. The van der Waals surface area contributed by atoms with Crippen molar-refractivity contribution in [3.05, 3.63) is 12.7 Å². The Balaban J connectivity index is 2.30. The van der Waals surface area contributed by atoms with Crippen LogP contribution in [-0.2, 0) is 28.5 Å². The summed E-state index contributed by atoms with van der Waals surface area (Å²) in [6.07, 6.45) is 5.12. The molecule has 0 spiro atoms. The van der Waals surface area contributed by atoms with E-state index in [1.54, 1.807) is 12.1 Å². The molecule has 1 amide bonds. The van der Waals surface area contributed by atoms with Gasteiger partial charge in [-0.3, -0.25) is 4.79 Å². The van der Waals surface area contributed by atoms with Crippen molar-refractivity contribution < 1.29 is 28.5 Å². The molecular formula is C17H26N2O6. The van der Waals surface area contributed by atoms with E-state index >= 15 is 0 Å². The van der Waals surface area contributed by atoms with Gasteiger partial charge in [0.1, 0.15) is 6.07 Å². The number of nitriles is 1. The summed E-state index contributed by atoms with van der Waals surface area (Å²) in [4.78, 5) is 23.6. The van der Waals surface area contributed by atoms with Crippen molar-refractivity contribution in [2.75, 3.05) is 33.0 Å². The van der Waals surface area contributed by atoms with Crippen LogP contribution in [0.25, 0.3) is 0 Å². The van der Waals surface area contributed by atoms with E-state index in [1.165, 1.54) is 0 Å². The predicted molar refractivity (Wildman–Crippen MR) is 88.3 cm³/mol. The molecule has 0 saturated carbocycles. The smallest absolute Gasteiger partial charge is 0.332 e. The molecular weight excluding hydrogens is 328 g/mol. The Kier molecular flexibility index (Phi) is 11.3. The average Bonchev–Trinajstić information content (AvgIpc) is 2.64. The van der Waals surface area contributed by atoms with Crippen molar-refractivity contribution >= 4 is 11.9 Å². The fraction of sp³-hybridized carbons (Fsp3) is 0.706. The number of nitrogens with zero attached hydrogens (tertiary/aromatic N) is 1. The molecule has 2 unspecified atom stereocenters. The number of hydrogen-bond donors (Lipinski definition) is 1. The highest BCUT2D eigenvalue weighted by atomic mass is 16.7. The van der Waals surface area contributed by atoms with Crippen molar-refractivity contribution in [2.45, 2.75) is 44.4 Å². The van der Waals surface area contributed by atoms with E-state index in [0.29, 0.717) is 19.6 Å². The number of rotatable bonds is 12. The molecule has 140 valence electrons. The van der Waals surface area contributed by atoms with Crippen LogP contribution in [0.3, 0.4) is 0 Å². The topological polar surface area (TPSA) is 107 Å². The average molecular weight is 354 g/mol. The van der Waals surface area contributed by atoms with Gasteiger partial charge < -0.3 is 24.3 Å². The molecule has 0 radical (unpaired) electrons. The number of hydrogen-bond acceptors (Lipinski definition) is 7. The van der Waals surface area contributed by atoms with Crippen LogP contribution < -0.4 is 5.32 Å². The number of carbonyl (C=O) groups is 2. The lowest BCUT2D eigenvalue weighted by Crippen LogP contribution is -2.45. The maximum Gasteiger partial charge on any atom is 0.332 e. The minimum absolute atomic E-state index is 0.0566. The largest absolute Gasteiger partial charge is 0.449 e. The minimum atomic E-state index is -0.961. The van der Waals surface area contributed by atoms with E-state index < -0.39 is 12.0 Å². The summed E-state index contributed by atoms with van der Waals surface area (Å²) in [5.41, 5.74) is 0. The quantitative estimate of drug-likeness (QED) is 0.317. The van der Waals surface area contributed by atoms with Gasteiger partial charge in [-0.2, -0.15) is 5.26 Å². The molecule has 1 saturated heterocycles. The zero-order valence-corrected chi connectivity index (χ0v) is 14.4. The Bertz CT molecular complexity index is 457. The lowest BCUT2D eigenvalue weighted by Gasteiger charge is -2.23. The summed E-state index contributed by atoms with van der Waals surface area (Å²) in [5.74, 6) is -1.01. The van der Waals surface area contributed by atoms with Gasteiger partial charge in [0.05, 0.1) is 19.8 Å². The highest BCUT2D eigenvalue weighted by molar-refractivity contribution is 5.84. The number of amides is 1. The number of nitrogens with one attached hydrogen (secondary N) is 1. The molecule has 0 bridgehead atoms. The van der Waals surface area contributed by atoms with Crippen LogP contribution in [0.2, 0.25) is 0 Å². The van der Waals surface area contributed by atoms with E-state index in [2.05, 4.69) is 11.9 Å². The molecule has 1 aliphatic heterocycles. The molecule has 0 aromatic carbocycles. The second-order valence-corrected chi connectivity index (χ2v) is 5.46. The van der Waals surface area contributed by atoms with E-state index in [0.717, 1.165) is 19.3 Å². The molecule has 2 atom stereocenters. The Morgan fingerprint density at radius 3 is 2.92 bits per heavy atom. The van der Waals surface area contributed by atoms with E-state index in [4.69, 9.17) is 24.2 Å². The van der Waals surface area contributed by atoms with Gasteiger partial charge >= 0.3 is 5.97 Å². The SMILES string of the molecule is C=CCCC(=O)NC(COCCOC1CCCCO1)C(=O)OCC#N. The van der Waals surface area contributed by atoms with Gasteiger partial charge in [0, 0.05) is 13.0 Å². The summed E-state index contributed by atoms with van der Waals surface area (Å²) in [5, 5.41) is 11.0. The van der Waals surface area contributed by atoms with Crippen molar-refractivity contribution in [1.29, 1.82) is 5.26 Å². The summed E-state index contributed by atoms with van der Waals surface area (Å²) < 4.78 is 21.1. The molecule has 25 heavy (non-hydrogen) atoms. The Hall–Kier alpha value is -1.95. The first kappa shape index (κ1) is 21.1. The first-order valence-electron chi connectivity index (χ1n) is 8.42. The third-order valence-corrected chi connectivity index (χ3v) is 3.43. The normalized spacial score (nSPS) is 18.0. The zero-order valence-electron chi connectivity index (χ0n) is 14.4. The summed E-state index contributed by atoms with van der Waals surface area (Å²) in [6, 6.07) is 0.749. The number of esters is 1. The Labute approximate surface area is 148 Å². The predicted octanol–water partition coefficient (Wildman–Crippen LogP) is 1.06. The van der Waals surface area contributed by atoms with E-state index in [1.807, 2.05) is 0 Å². The molecule has 1 N–H and O–H groups in total. The van der Waals surface area contributed by atoms with Gasteiger partial charge in [-0.05, 0) is 25.7 Å². The van der Waals surface area contributed by atoms with Gasteiger partial charge in [-0.1, -0.05) is 6.08 Å². The first-order chi connectivity index (χ1) is 12.2. The van der Waals surface area contributed by atoms with E-state index in [-0.39, 0.29) is 38.4 Å². The van der Waals surface area contributed by atoms with Crippen molar-refractivity contribution in [1.82, 2.24) is 5.32 Å². The first-order valence-corrected chi connectivity index (χ1v) is 8.42. The van der Waals surface area contributed by atoms with Crippen molar-refractivity contribution in [3.8, 4) is 6.07 Å². The van der Waals surface area contributed by atoms with E-state index in [9.17, 15) is 9.59 Å². The molecule has 1 aliphatic rings. The molecule has 1 fully saturated rings. The lowest BCUT2D eigenvalue weighted by atomic mass is 10.2. The molecule has 8 nitrogen and oxygen atoms in total. The van der Waals surface area contributed by atoms with Crippen LogP contribution >= 0.6 is 0 Å². The van der Waals surface area contributed by atoms with Gasteiger partial charge in [0.2, 0.25) is 5.91 Å². The zero-order chi connectivity index (χ0) is 18.3. The fourth-order valence-corrected chi connectivity index (χ4v) is 2.15. The van der Waals surface area contributed by atoms with Crippen LogP contribution in [0.5, 0.6) is 0 Å². The highest BCUT2D eigenvalue weighted by Crippen LogP contribution is 2.13. The molecule has 0 aromatic heterocycles. The second kappa shape index (κ2) is 13.4. The third kappa shape index (κ3) is 9.82. The van der Waals surface area contributed by atoms with Crippen molar-refractivity contribution in [2.24, 2.45) is 0 Å². The summed E-state index contributed by atoms with van der Waals surface area (Å²) >= 11 is 0. The number of carbonyl (C=O) groups excluding carboxylic acids is 2. The maximum atomic E-state index is 11.9. The van der Waals surface area contributed by atoms with Crippen LogP contribution in [0.15, 0.2) is 12.7 Å². The standard InChI is InChI=1S/C17H26N2O6/c1-2-3-6-15(20)19-14(17(21)25-10-8-18)13-22-11-12-24-16-7-4-5-9-23-16/h2,14,16H,1,3-7,9-13H2,(H,19,20). The van der Waals surface area contributed by atoms with Gasteiger partial charge in [0.25, 0.3) is 0 Å². The summed E-state index contributed by atoms with van der Waals surface area (Å²) in [7, 11) is 0. The van der Waals surface area contributed by atoms with Gasteiger partial charge in [-0.15, -0.1) is 6.58 Å². The molecule has 1 heterocycles.